The quantitative estimate of drug-likeness (QED) is 0.710. The molecule has 1 heterocycles. The van der Waals surface area contributed by atoms with Gasteiger partial charge in [-0.3, -0.25) is 4.79 Å². The molecule has 0 aliphatic carbocycles. The molecule has 1 aromatic carbocycles. The maximum atomic E-state index is 12.4. The third kappa shape index (κ3) is 5.09. The second-order valence-electron chi connectivity index (χ2n) is 4.87. The van der Waals surface area contributed by atoms with Crippen molar-refractivity contribution in [3.05, 3.63) is 54.0 Å². The minimum absolute atomic E-state index is 0.0704. The first-order chi connectivity index (χ1) is 11.5. The lowest BCUT2D eigenvalue weighted by atomic mass is 10.2. The van der Waals surface area contributed by atoms with Crippen LogP contribution < -0.4 is 5.32 Å². The molecule has 0 saturated heterocycles. The number of carboxylic acid groups (broad SMARTS) is 1. The van der Waals surface area contributed by atoms with Crippen molar-refractivity contribution in [3.63, 3.8) is 0 Å². The van der Waals surface area contributed by atoms with Gasteiger partial charge in [0.1, 0.15) is 6.04 Å². The summed E-state index contributed by atoms with van der Waals surface area (Å²) in [5.74, 6) is -1.98. The van der Waals surface area contributed by atoms with E-state index in [9.17, 15) is 18.4 Å². The summed E-state index contributed by atoms with van der Waals surface area (Å²) in [6, 6.07) is 9.39. The maximum Gasteiger partial charge on any atom is 0.326 e. The molecule has 0 aliphatic rings. The lowest BCUT2D eigenvalue weighted by Crippen LogP contribution is -2.42. The number of rotatable bonds is 8. The van der Waals surface area contributed by atoms with Crippen molar-refractivity contribution >= 4 is 23.6 Å². The highest BCUT2D eigenvalue weighted by Crippen LogP contribution is 2.25. The van der Waals surface area contributed by atoms with E-state index in [1.807, 2.05) is 30.3 Å². The number of benzene rings is 1. The summed E-state index contributed by atoms with van der Waals surface area (Å²) in [7, 11) is 0. The second kappa shape index (κ2) is 8.49. The van der Waals surface area contributed by atoms with Crippen LogP contribution in [-0.2, 0) is 10.5 Å². The highest BCUT2D eigenvalue weighted by atomic mass is 32.2. The first kappa shape index (κ1) is 18.0. The van der Waals surface area contributed by atoms with Crippen molar-refractivity contribution in [2.24, 2.45) is 0 Å². The molecular formula is C16H15F2NO4S. The van der Waals surface area contributed by atoms with Crippen molar-refractivity contribution in [2.45, 2.75) is 29.5 Å². The van der Waals surface area contributed by atoms with E-state index in [2.05, 4.69) is 5.32 Å². The summed E-state index contributed by atoms with van der Waals surface area (Å²) in [6.07, 6.45) is -2.50. The fraction of sp³-hybridized carbons (Fsp3) is 0.250. The molecule has 1 amide bonds. The number of thioether (sulfide) groups is 1. The molecular weight excluding hydrogens is 340 g/mol. The van der Waals surface area contributed by atoms with E-state index in [-0.39, 0.29) is 5.76 Å². The first-order valence-corrected chi connectivity index (χ1v) is 8.02. The standard InChI is InChI=1S/C16H15F2NO4S/c17-13(18)8-12(16(21)22)19-15(20)14-10(6-7-23-14)9-24-11-4-2-1-3-5-11/h1-7,12-13H,8-9H2,(H,19,20)(H,21,22). The molecule has 128 valence electrons. The Kier molecular flexibility index (Phi) is 6.36. The van der Waals surface area contributed by atoms with E-state index < -0.39 is 30.8 Å². The Morgan fingerprint density at radius 1 is 1.21 bits per heavy atom. The van der Waals surface area contributed by atoms with Crippen LogP contribution in [0.25, 0.3) is 0 Å². The Hall–Kier alpha value is -2.35. The molecule has 24 heavy (non-hydrogen) atoms. The van der Waals surface area contributed by atoms with E-state index in [1.54, 1.807) is 6.07 Å². The average Bonchev–Trinajstić information content (AvgIpc) is 3.01. The van der Waals surface area contributed by atoms with Crippen LogP contribution >= 0.6 is 11.8 Å². The number of alkyl halides is 2. The van der Waals surface area contributed by atoms with Crippen molar-refractivity contribution in [3.8, 4) is 0 Å². The molecule has 2 rings (SSSR count). The zero-order valence-corrected chi connectivity index (χ0v) is 13.3. The van der Waals surface area contributed by atoms with Gasteiger partial charge in [-0.15, -0.1) is 11.8 Å². The molecule has 1 atom stereocenters. The largest absolute Gasteiger partial charge is 0.480 e. The van der Waals surface area contributed by atoms with Gasteiger partial charge in [0.05, 0.1) is 6.26 Å². The Morgan fingerprint density at radius 2 is 1.92 bits per heavy atom. The van der Waals surface area contributed by atoms with Gasteiger partial charge in [0.15, 0.2) is 5.76 Å². The van der Waals surface area contributed by atoms with Crippen molar-refractivity contribution < 1.29 is 27.9 Å². The molecule has 1 aromatic heterocycles. The SMILES string of the molecule is O=C(NC(CC(F)F)C(=O)O)c1occc1CSc1ccccc1. The number of hydrogen-bond acceptors (Lipinski definition) is 4. The molecule has 0 fully saturated rings. The first-order valence-electron chi connectivity index (χ1n) is 7.03. The Balaban J connectivity index is 2.02. The smallest absolute Gasteiger partial charge is 0.326 e. The lowest BCUT2D eigenvalue weighted by Gasteiger charge is -2.13. The zero-order chi connectivity index (χ0) is 17.5. The summed E-state index contributed by atoms with van der Waals surface area (Å²) in [6.45, 7) is 0. The van der Waals surface area contributed by atoms with Crippen LogP contribution in [0.4, 0.5) is 8.78 Å². The fourth-order valence-corrected chi connectivity index (χ4v) is 2.85. The summed E-state index contributed by atoms with van der Waals surface area (Å²) < 4.78 is 29.9. The highest BCUT2D eigenvalue weighted by Gasteiger charge is 2.26. The third-order valence-electron chi connectivity index (χ3n) is 3.11. The number of carbonyl (C=O) groups excluding carboxylic acids is 1. The van der Waals surface area contributed by atoms with Crippen LogP contribution in [0, 0.1) is 0 Å². The second-order valence-corrected chi connectivity index (χ2v) is 5.92. The molecule has 2 N–H and O–H groups in total. The number of aliphatic carboxylic acids is 1. The van der Waals surface area contributed by atoms with Gasteiger partial charge in [0.25, 0.3) is 5.91 Å². The van der Waals surface area contributed by atoms with E-state index >= 15 is 0 Å². The highest BCUT2D eigenvalue weighted by molar-refractivity contribution is 7.98. The number of halogens is 2. The number of carboxylic acids is 1. The Morgan fingerprint density at radius 3 is 2.54 bits per heavy atom. The van der Waals surface area contributed by atoms with Gasteiger partial charge in [-0.25, -0.2) is 13.6 Å². The number of carbonyl (C=O) groups is 2. The molecule has 2 aromatic rings. The Labute approximate surface area is 141 Å². The molecule has 0 bridgehead atoms. The van der Waals surface area contributed by atoms with Crippen molar-refractivity contribution in [1.29, 1.82) is 0 Å². The average molecular weight is 355 g/mol. The van der Waals surface area contributed by atoms with E-state index in [1.165, 1.54) is 18.0 Å². The van der Waals surface area contributed by atoms with Crippen LogP contribution in [0.15, 0.2) is 52.0 Å². The fourth-order valence-electron chi connectivity index (χ4n) is 1.95. The van der Waals surface area contributed by atoms with E-state index in [0.717, 1.165) is 4.90 Å². The molecule has 1 unspecified atom stereocenters. The van der Waals surface area contributed by atoms with Gasteiger partial charge >= 0.3 is 5.97 Å². The summed E-state index contributed by atoms with van der Waals surface area (Å²) in [5, 5.41) is 11.0. The molecule has 0 aliphatic heterocycles. The molecule has 5 nitrogen and oxygen atoms in total. The van der Waals surface area contributed by atoms with Crippen LogP contribution in [-0.4, -0.2) is 29.5 Å². The number of hydrogen-bond donors (Lipinski definition) is 2. The number of amides is 1. The minimum atomic E-state index is -2.84. The Bertz CT molecular complexity index is 690. The van der Waals surface area contributed by atoms with Crippen molar-refractivity contribution in [1.82, 2.24) is 5.32 Å². The molecule has 0 radical (unpaired) electrons. The van der Waals surface area contributed by atoms with E-state index in [0.29, 0.717) is 11.3 Å². The van der Waals surface area contributed by atoms with Gasteiger partial charge in [-0.05, 0) is 18.2 Å². The maximum absolute atomic E-state index is 12.4. The van der Waals surface area contributed by atoms with Gasteiger partial charge in [0.2, 0.25) is 6.43 Å². The number of furan rings is 1. The van der Waals surface area contributed by atoms with Gasteiger partial charge in [-0.1, -0.05) is 18.2 Å². The topological polar surface area (TPSA) is 79.5 Å². The van der Waals surface area contributed by atoms with E-state index in [4.69, 9.17) is 9.52 Å². The van der Waals surface area contributed by atoms with Gasteiger partial charge in [-0.2, -0.15) is 0 Å². The van der Waals surface area contributed by atoms with Crippen LogP contribution in [0.1, 0.15) is 22.5 Å². The third-order valence-corrected chi connectivity index (χ3v) is 4.17. The monoisotopic (exact) mass is 355 g/mol. The van der Waals surface area contributed by atoms with Crippen LogP contribution in [0.2, 0.25) is 0 Å². The molecule has 0 spiro atoms. The lowest BCUT2D eigenvalue weighted by molar-refractivity contribution is -0.140. The molecule has 8 heteroatoms. The zero-order valence-electron chi connectivity index (χ0n) is 12.4. The van der Waals surface area contributed by atoms with Gasteiger partial charge < -0.3 is 14.8 Å². The summed E-state index contributed by atoms with van der Waals surface area (Å²) in [5.41, 5.74) is 0.558. The van der Waals surface area contributed by atoms with Crippen molar-refractivity contribution in [2.75, 3.05) is 0 Å². The summed E-state index contributed by atoms with van der Waals surface area (Å²) in [4.78, 5) is 24.1. The predicted molar refractivity (Wildman–Crippen MR) is 84.2 cm³/mol. The molecule has 0 saturated carbocycles. The number of nitrogens with one attached hydrogen (secondary N) is 1. The summed E-state index contributed by atoms with van der Waals surface area (Å²) >= 11 is 1.47. The van der Waals surface area contributed by atoms with Crippen LogP contribution in [0.5, 0.6) is 0 Å². The van der Waals surface area contributed by atoms with Gasteiger partial charge in [0, 0.05) is 22.6 Å². The normalized spacial score (nSPS) is 12.1. The minimum Gasteiger partial charge on any atom is -0.480 e. The predicted octanol–water partition coefficient (Wildman–Crippen LogP) is 3.41. The van der Waals surface area contributed by atoms with Crippen LogP contribution in [0.3, 0.4) is 0 Å².